The van der Waals surface area contributed by atoms with Crippen LogP contribution in [0.1, 0.15) is 18.2 Å². The minimum absolute atomic E-state index is 0.00525. The van der Waals surface area contributed by atoms with E-state index in [9.17, 15) is 29.6 Å². The molecule has 3 heterocycles. The molecular weight excluding hydrogens is 528 g/mol. The summed E-state index contributed by atoms with van der Waals surface area (Å²) in [6.45, 7) is 1.64. The summed E-state index contributed by atoms with van der Waals surface area (Å²) in [7, 11) is 0. The van der Waals surface area contributed by atoms with Gasteiger partial charge in [0.05, 0.1) is 10.7 Å². The number of nitrogens with one attached hydrogen (secondary N) is 1. The van der Waals surface area contributed by atoms with E-state index >= 15 is 0 Å². The molecule has 2 aliphatic rings. The molecule has 16 heteroatoms. The molecule has 4 rings (SSSR count). The van der Waals surface area contributed by atoms with Gasteiger partial charge in [0.1, 0.15) is 36.1 Å². The van der Waals surface area contributed by atoms with Gasteiger partial charge < -0.3 is 25.7 Å². The van der Waals surface area contributed by atoms with Crippen molar-refractivity contribution in [3.05, 3.63) is 62.5 Å². The quantitative estimate of drug-likeness (QED) is 0.134. The van der Waals surface area contributed by atoms with E-state index in [1.807, 2.05) is 0 Å². The maximum atomic E-state index is 12.9. The Kier molecular flexibility index (Phi) is 7.58. The molecule has 1 saturated heterocycles. The summed E-state index contributed by atoms with van der Waals surface area (Å²) in [4.78, 5) is 58.9. The number of β-lactam (4-membered cyclic amide) rings is 1. The first-order valence-electron chi connectivity index (χ1n) is 10.7. The molecule has 0 spiro atoms. The van der Waals surface area contributed by atoms with Crippen molar-refractivity contribution < 1.29 is 34.0 Å². The van der Waals surface area contributed by atoms with E-state index in [0.29, 0.717) is 5.56 Å². The second-order valence-corrected chi connectivity index (χ2v) is 9.58. The first-order valence-corrected chi connectivity index (χ1v) is 12.6. The summed E-state index contributed by atoms with van der Waals surface area (Å²) in [6, 6.07) is 4.38. The largest absolute Gasteiger partial charge is 0.509 e. The smallest absolute Gasteiger partial charge is 0.358 e. The van der Waals surface area contributed by atoms with Gasteiger partial charge in [-0.1, -0.05) is 5.16 Å². The molecule has 0 saturated carbocycles. The molecule has 2 amide bonds. The number of oxime groups is 1. The predicted octanol–water partition coefficient (Wildman–Crippen LogP) is 1.29. The first-order chi connectivity index (χ1) is 17.7. The normalized spacial score (nSPS) is 19.1. The van der Waals surface area contributed by atoms with Crippen LogP contribution < -0.4 is 11.1 Å². The van der Waals surface area contributed by atoms with Crippen LogP contribution in [0.3, 0.4) is 0 Å². The number of aromatic nitrogens is 1. The first kappa shape index (κ1) is 25.9. The number of aliphatic hydroxyl groups is 1. The number of nitro groups is 1. The number of nitrogen functional groups attached to an aromatic ring is 1. The summed E-state index contributed by atoms with van der Waals surface area (Å²) in [5, 5.41) is 28.5. The van der Waals surface area contributed by atoms with Crippen molar-refractivity contribution in [2.45, 2.75) is 24.9 Å². The highest BCUT2D eigenvalue weighted by Gasteiger charge is 2.55. The van der Waals surface area contributed by atoms with Crippen LogP contribution in [0.2, 0.25) is 0 Å². The average Bonchev–Trinajstić information content (AvgIpc) is 3.31. The number of esters is 1. The fraction of sp³-hybridized carbons (Fsp3) is 0.286. The second kappa shape index (κ2) is 10.8. The van der Waals surface area contributed by atoms with Crippen molar-refractivity contribution in [1.82, 2.24) is 15.2 Å². The van der Waals surface area contributed by atoms with Gasteiger partial charge in [0.25, 0.3) is 17.5 Å². The Morgan fingerprint density at radius 1 is 1.38 bits per heavy atom. The minimum atomic E-state index is -1.01. The summed E-state index contributed by atoms with van der Waals surface area (Å²) < 4.78 is 5.23. The van der Waals surface area contributed by atoms with Gasteiger partial charge in [-0.05, 0) is 24.6 Å². The molecule has 1 unspecified atom stereocenters. The van der Waals surface area contributed by atoms with E-state index in [2.05, 4.69) is 15.5 Å². The second-order valence-electron chi connectivity index (χ2n) is 7.58. The van der Waals surface area contributed by atoms with E-state index < -0.39 is 34.1 Å². The molecule has 2 aliphatic heterocycles. The number of carbonyl (C=O) groups excluding carboxylic acids is 3. The van der Waals surface area contributed by atoms with E-state index in [0.717, 1.165) is 28.0 Å². The lowest BCUT2D eigenvalue weighted by molar-refractivity contribution is -0.384. The zero-order valence-electron chi connectivity index (χ0n) is 19.2. The van der Waals surface area contributed by atoms with Gasteiger partial charge in [-0.2, -0.15) is 0 Å². The highest BCUT2D eigenvalue weighted by Crippen LogP contribution is 2.40. The zero-order valence-corrected chi connectivity index (χ0v) is 20.8. The number of anilines is 1. The monoisotopic (exact) mass is 548 g/mol. The SMILES string of the molecule is CCO/N=C(/C(=O)NC1C(=O)N2C(C(=O)OCc3ccc([N+](=O)[O-])cc3)=C(O)CS[C@H]12)c1csc(N)n1. The van der Waals surface area contributed by atoms with Gasteiger partial charge in [0.15, 0.2) is 16.5 Å². The molecule has 1 fully saturated rings. The van der Waals surface area contributed by atoms with E-state index in [4.69, 9.17) is 15.3 Å². The number of thiazole rings is 1. The molecule has 2 aromatic rings. The van der Waals surface area contributed by atoms with Gasteiger partial charge in [0.2, 0.25) is 0 Å². The highest BCUT2D eigenvalue weighted by atomic mass is 32.2. The van der Waals surface area contributed by atoms with E-state index in [1.165, 1.54) is 29.6 Å². The van der Waals surface area contributed by atoms with Crippen LogP contribution in [0, 0.1) is 10.1 Å². The van der Waals surface area contributed by atoms with Crippen LogP contribution >= 0.6 is 23.1 Å². The number of fused-ring (bicyclic) bond motifs is 1. The average molecular weight is 549 g/mol. The highest BCUT2D eigenvalue weighted by molar-refractivity contribution is 8.00. The predicted molar refractivity (Wildman–Crippen MR) is 132 cm³/mol. The van der Waals surface area contributed by atoms with Gasteiger partial charge in [-0.15, -0.1) is 23.1 Å². The standard InChI is InChI=1S/C21H20N6O8S2/c1-2-35-25-14(12-8-37-21(22)23-12)17(29)24-15-18(30)26-16(13(28)9-36-19(15)26)20(31)34-7-10-3-5-11(6-4-10)27(32)33/h3-6,8,15,19,28H,2,7,9H2,1H3,(H2,22,23)(H,24,29)/b25-14+/t15?,19-/m1/s1. The molecule has 2 atom stereocenters. The number of amides is 2. The number of rotatable bonds is 9. The molecule has 194 valence electrons. The lowest BCUT2D eigenvalue weighted by Gasteiger charge is -2.48. The number of thioether (sulfide) groups is 1. The molecule has 14 nitrogen and oxygen atoms in total. The Balaban J connectivity index is 1.43. The van der Waals surface area contributed by atoms with Crippen LogP contribution in [0.4, 0.5) is 10.8 Å². The maximum Gasteiger partial charge on any atom is 0.358 e. The van der Waals surface area contributed by atoms with Crippen molar-refractivity contribution in [2.24, 2.45) is 5.16 Å². The van der Waals surface area contributed by atoms with Crippen LogP contribution in [0.25, 0.3) is 0 Å². The fourth-order valence-electron chi connectivity index (χ4n) is 3.46. The minimum Gasteiger partial charge on any atom is -0.509 e. The summed E-state index contributed by atoms with van der Waals surface area (Å²) in [6.07, 6.45) is 0. The van der Waals surface area contributed by atoms with Gasteiger partial charge >= 0.3 is 5.97 Å². The van der Waals surface area contributed by atoms with Crippen molar-refractivity contribution in [1.29, 1.82) is 0 Å². The lowest BCUT2D eigenvalue weighted by atomic mass is 10.0. The summed E-state index contributed by atoms with van der Waals surface area (Å²) in [5.41, 5.74) is 5.70. The Hall–Kier alpha value is -4.18. The number of benzene rings is 1. The third-order valence-corrected chi connectivity index (χ3v) is 7.15. The molecule has 37 heavy (non-hydrogen) atoms. The fourth-order valence-corrected chi connectivity index (χ4v) is 5.21. The number of non-ortho nitro benzene ring substituents is 1. The number of nitrogens with two attached hydrogens (primary N) is 1. The van der Waals surface area contributed by atoms with Gasteiger partial charge in [-0.25, -0.2) is 9.78 Å². The number of ether oxygens (including phenoxy) is 1. The van der Waals surface area contributed by atoms with E-state index in [1.54, 1.807) is 6.92 Å². The van der Waals surface area contributed by atoms with E-state index in [-0.39, 0.29) is 52.6 Å². The van der Waals surface area contributed by atoms with Crippen molar-refractivity contribution in [3.8, 4) is 0 Å². The number of hydrogen-bond donors (Lipinski definition) is 3. The molecule has 0 aliphatic carbocycles. The van der Waals surface area contributed by atoms with Crippen molar-refractivity contribution in [2.75, 3.05) is 18.1 Å². The molecule has 0 radical (unpaired) electrons. The number of hydrogen-bond acceptors (Lipinski definition) is 13. The molecule has 4 N–H and O–H groups in total. The summed E-state index contributed by atoms with van der Waals surface area (Å²) >= 11 is 2.26. The van der Waals surface area contributed by atoms with Crippen LogP contribution in [0.15, 0.2) is 46.3 Å². The molecule has 0 bridgehead atoms. The van der Waals surface area contributed by atoms with Crippen molar-refractivity contribution >= 4 is 57.4 Å². The van der Waals surface area contributed by atoms with Gasteiger partial charge in [0, 0.05) is 17.5 Å². The maximum absolute atomic E-state index is 12.9. The summed E-state index contributed by atoms with van der Waals surface area (Å²) in [5.74, 6) is -2.64. The number of aliphatic hydroxyl groups excluding tert-OH is 1. The topological polar surface area (TPSA) is 200 Å². The number of nitrogens with zero attached hydrogens (tertiary/aromatic N) is 4. The third-order valence-electron chi connectivity index (χ3n) is 5.21. The van der Waals surface area contributed by atoms with Crippen LogP contribution in [-0.2, 0) is 30.6 Å². The Labute approximate surface area is 217 Å². The zero-order chi connectivity index (χ0) is 26.7. The van der Waals surface area contributed by atoms with Crippen LogP contribution in [-0.4, -0.2) is 67.2 Å². The third kappa shape index (κ3) is 5.34. The lowest BCUT2D eigenvalue weighted by Crippen LogP contribution is -2.71. The molecule has 1 aromatic carbocycles. The molecule has 1 aromatic heterocycles. The molecular formula is C21H20N6O8S2. The Bertz CT molecular complexity index is 1310. The van der Waals surface area contributed by atoms with Crippen molar-refractivity contribution in [3.63, 3.8) is 0 Å². The number of nitro benzene ring substituents is 1. The van der Waals surface area contributed by atoms with Crippen LogP contribution in [0.5, 0.6) is 0 Å². The Morgan fingerprint density at radius 3 is 2.73 bits per heavy atom. The van der Waals surface area contributed by atoms with Gasteiger partial charge in [-0.3, -0.25) is 24.6 Å². The Morgan fingerprint density at radius 2 is 2.11 bits per heavy atom. The number of carbonyl (C=O) groups is 3.